The molecule has 0 aliphatic rings. The fraction of sp³-hybridized carbons (Fsp3) is 0.500. The number of carbonyl (C=O) groups is 1. The Kier molecular flexibility index (Phi) is 5.63. The van der Waals surface area contributed by atoms with Crippen molar-refractivity contribution in [2.45, 2.75) is 38.8 Å². The van der Waals surface area contributed by atoms with E-state index in [1.807, 2.05) is 50.1 Å². The van der Waals surface area contributed by atoms with Crippen LogP contribution in [-0.4, -0.2) is 29.1 Å². The Morgan fingerprint density at radius 2 is 2.17 bits per heavy atom. The third-order valence-electron chi connectivity index (χ3n) is 3.28. The molecule has 1 aromatic rings. The van der Waals surface area contributed by atoms with Crippen LogP contribution in [-0.2, 0) is 4.79 Å². The Morgan fingerprint density at radius 1 is 1.50 bits per heavy atom. The molecule has 3 nitrogen and oxygen atoms in total. The van der Waals surface area contributed by atoms with E-state index in [4.69, 9.17) is 11.6 Å². The van der Waals surface area contributed by atoms with Crippen molar-refractivity contribution in [3.8, 4) is 0 Å². The summed E-state index contributed by atoms with van der Waals surface area (Å²) in [5, 5.41) is 9.93. The van der Waals surface area contributed by atoms with E-state index < -0.39 is 12.0 Å². The van der Waals surface area contributed by atoms with E-state index in [0.29, 0.717) is 11.4 Å². The first-order chi connectivity index (χ1) is 8.47. The van der Waals surface area contributed by atoms with Gasteiger partial charge in [0, 0.05) is 11.1 Å². The Hall–Kier alpha value is -1.06. The molecule has 100 valence electrons. The highest BCUT2D eigenvalue weighted by molar-refractivity contribution is 6.30. The van der Waals surface area contributed by atoms with Gasteiger partial charge in [0.25, 0.3) is 0 Å². The van der Waals surface area contributed by atoms with Gasteiger partial charge < -0.3 is 5.11 Å². The number of nitrogens with zero attached hydrogens (tertiary/aromatic N) is 1. The number of likely N-dealkylation sites (N-methyl/N-ethyl adjacent to an activating group) is 1. The summed E-state index contributed by atoms with van der Waals surface area (Å²) in [4.78, 5) is 13.2. The number of aliphatic carboxylic acids is 1. The monoisotopic (exact) mass is 269 g/mol. The molecule has 0 saturated heterocycles. The first-order valence-electron chi connectivity index (χ1n) is 6.17. The smallest absolute Gasteiger partial charge is 0.320 e. The summed E-state index contributed by atoms with van der Waals surface area (Å²) >= 11 is 5.96. The van der Waals surface area contributed by atoms with Crippen molar-refractivity contribution in [3.05, 3.63) is 34.9 Å². The lowest BCUT2D eigenvalue weighted by Crippen LogP contribution is -2.39. The number of carboxylic acids is 1. The van der Waals surface area contributed by atoms with E-state index in [2.05, 4.69) is 0 Å². The Balaban J connectivity index is 2.87. The summed E-state index contributed by atoms with van der Waals surface area (Å²) in [6.07, 6.45) is 1.50. The van der Waals surface area contributed by atoms with Crippen molar-refractivity contribution in [1.29, 1.82) is 0 Å². The average molecular weight is 270 g/mol. The summed E-state index contributed by atoms with van der Waals surface area (Å²) in [7, 11) is 1.85. The molecular weight excluding hydrogens is 250 g/mol. The van der Waals surface area contributed by atoms with Crippen molar-refractivity contribution in [1.82, 2.24) is 4.90 Å². The summed E-state index contributed by atoms with van der Waals surface area (Å²) < 4.78 is 0. The second kappa shape index (κ2) is 6.76. The number of hydrogen-bond donors (Lipinski definition) is 1. The number of halogens is 1. The van der Waals surface area contributed by atoms with Crippen LogP contribution in [0.1, 0.15) is 38.3 Å². The first-order valence-corrected chi connectivity index (χ1v) is 6.55. The zero-order valence-electron chi connectivity index (χ0n) is 11.1. The van der Waals surface area contributed by atoms with Crippen molar-refractivity contribution < 1.29 is 9.90 Å². The standard InChI is InChI=1S/C14H20ClNO2/c1-4-6-13(14(17)18)16(3)10(2)11-7-5-8-12(15)9-11/h5,7-10,13H,4,6H2,1-3H3,(H,17,18). The topological polar surface area (TPSA) is 40.5 Å². The molecule has 0 fully saturated rings. The van der Waals surface area contributed by atoms with E-state index in [1.54, 1.807) is 0 Å². The van der Waals surface area contributed by atoms with Gasteiger partial charge in [-0.1, -0.05) is 37.1 Å². The molecule has 0 aliphatic heterocycles. The highest BCUT2D eigenvalue weighted by Gasteiger charge is 2.26. The van der Waals surface area contributed by atoms with E-state index in [9.17, 15) is 9.90 Å². The van der Waals surface area contributed by atoms with Gasteiger partial charge in [-0.25, -0.2) is 0 Å². The normalized spacial score (nSPS) is 14.5. The van der Waals surface area contributed by atoms with Crippen LogP contribution < -0.4 is 0 Å². The van der Waals surface area contributed by atoms with Gasteiger partial charge in [-0.15, -0.1) is 0 Å². The molecule has 1 rings (SSSR count). The van der Waals surface area contributed by atoms with Gasteiger partial charge in [0.15, 0.2) is 0 Å². The van der Waals surface area contributed by atoms with Crippen LogP contribution in [0.15, 0.2) is 24.3 Å². The highest BCUT2D eigenvalue weighted by Crippen LogP contribution is 2.24. The lowest BCUT2D eigenvalue weighted by Gasteiger charge is -2.30. The number of carboxylic acid groups (broad SMARTS) is 1. The zero-order valence-corrected chi connectivity index (χ0v) is 11.8. The van der Waals surface area contributed by atoms with Crippen molar-refractivity contribution in [3.63, 3.8) is 0 Å². The van der Waals surface area contributed by atoms with Gasteiger partial charge in [-0.2, -0.15) is 0 Å². The molecule has 0 bridgehead atoms. The fourth-order valence-electron chi connectivity index (χ4n) is 2.05. The Bertz CT molecular complexity index is 409. The summed E-state index contributed by atoms with van der Waals surface area (Å²) in [5.74, 6) is -0.770. The number of rotatable bonds is 6. The minimum Gasteiger partial charge on any atom is -0.480 e. The molecule has 0 amide bonds. The molecule has 0 heterocycles. The molecule has 2 unspecified atom stereocenters. The van der Waals surface area contributed by atoms with Gasteiger partial charge in [-0.3, -0.25) is 9.69 Å². The lowest BCUT2D eigenvalue weighted by atomic mass is 10.0. The minimum absolute atomic E-state index is 0.0244. The molecule has 0 aromatic heterocycles. The van der Waals surface area contributed by atoms with Gasteiger partial charge in [-0.05, 0) is 38.1 Å². The van der Waals surface area contributed by atoms with Gasteiger partial charge in [0.05, 0.1) is 0 Å². The number of benzene rings is 1. The number of hydrogen-bond acceptors (Lipinski definition) is 2. The molecule has 1 N–H and O–H groups in total. The van der Waals surface area contributed by atoms with Crippen LogP contribution in [0.2, 0.25) is 5.02 Å². The quantitative estimate of drug-likeness (QED) is 0.858. The van der Waals surface area contributed by atoms with Crippen molar-refractivity contribution in [2.75, 3.05) is 7.05 Å². The molecule has 0 spiro atoms. The van der Waals surface area contributed by atoms with Crippen LogP contribution in [0.25, 0.3) is 0 Å². The second-order valence-corrected chi connectivity index (χ2v) is 4.98. The summed E-state index contributed by atoms with van der Waals surface area (Å²) in [6, 6.07) is 7.13. The maximum Gasteiger partial charge on any atom is 0.320 e. The van der Waals surface area contributed by atoms with Gasteiger partial charge in [0.2, 0.25) is 0 Å². The van der Waals surface area contributed by atoms with Crippen molar-refractivity contribution >= 4 is 17.6 Å². The lowest BCUT2D eigenvalue weighted by molar-refractivity contribution is -0.143. The summed E-state index contributed by atoms with van der Waals surface area (Å²) in [5.41, 5.74) is 1.03. The van der Waals surface area contributed by atoms with E-state index in [0.717, 1.165) is 12.0 Å². The van der Waals surface area contributed by atoms with E-state index in [-0.39, 0.29) is 6.04 Å². The Morgan fingerprint density at radius 3 is 2.67 bits per heavy atom. The van der Waals surface area contributed by atoms with Gasteiger partial charge in [0.1, 0.15) is 6.04 Å². The Labute approximate surface area is 113 Å². The maximum atomic E-state index is 11.3. The molecule has 1 aromatic carbocycles. The second-order valence-electron chi connectivity index (χ2n) is 4.54. The molecular formula is C14H20ClNO2. The molecule has 2 atom stereocenters. The highest BCUT2D eigenvalue weighted by atomic mass is 35.5. The van der Waals surface area contributed by atoms with Crippen LogP contribution in [0, 0.1) is 0 Å². The maximum absolute atomic E-state index is 11.3. The van der Waals surface area contributed by atoms with Crippen molar-refractivity contribution in [2.24, 2.45) is 0 Å². The largest absolute Gasteiger partial charge is 0.480 e. The fourth-order valence-corrected chi connectivity index (χ4v) is 2.24. The zero-order chi connectivity index (χ0) is 13.7. The first kappa shape index (κ1) is 15.0. The summed E-state index contributed by atoms with van der Waals surface area (Å²) in [6.45, 7) is 3.99. The molecule has 0 radical (unpaired) electrons. The van der Waals surface area contributed by atoms with Crippen LogP contribution >= 0.6 is 11.6 Å². The van der Waals surface area contributed by atoms with E-state index >= 15 is 0 Å². The van der Waals surface area contributed by atoms with Gasteiger partial charge >= 0.3 is 5.97 Å². The predicted octanol–water partition coefficient (Wildman–Crippen LogP) is 3.59. The van der Waals surface area contributed by atoms with Crippen LogP contribution in [0.4, 0.5) is 0 Å². The third kappa shape index (κ3) is 3.72. The molecule has 0 aliphatic carbocycles. The minimum atomic E-state index is -0.770. The molecule has 4 heteroatoms. The molecule has 0 saturated carbocycles. The molecule has 18 heavy (non-hydrogen) atoms. The van der Waals surface area contributed by atoms with Crippen LogP contribution in [0.5, 0.6) is 0 Å². The predicted molar refractivity (Wildman–Crippen MR) is 74.0 cm³/mol. The van der Waals surface area contributed by atoms with Crippen LogP contribution in [0.3, 0.4) is 0 Å². The van der Waals surface area contributed by atoms with E-state index in [1.165, 1.54) is 0 Å². The SMILES string of the molecule is CCCC(C(=O)O)N(C)C(C)c1cccc(Cl)c1. The third-order valence-corrected chi connectivity index (χ3v) is 3.52. The average Bonchev–Trinajstić information content (AvgIpc) is 2.33.